The zero-order valence-electron chi connectivity index (χ0n) is 13.9. The largest absolute Gasteiger partial charge is 0.490 e. The van der Waals surface area contributed by atoms with Gasteiger partial charge in [0.1, 0.15) is 18.2 Å². The van der Waals surface area contributed by atoms with Crippen molar-refractivity contribution in [2.75, 3.05) is 13.2 Å². The highest BCUT2D eigenvalue weighted by molar-refractivity contribution is 9.10. The predicted molar refractivity (Wildman–Crippen MR) is 96.5 cm³/mol. The van der Waals surface area contributed by atoms with E-state index in [1.54, 1.807) is 12.1 Å². The molecule has 1 N–H and O–H groups in total. The van der Waals surface area contributed by atoms with Gasteiger partial charge in [0.25, 0.3) is 5.91 Å². The van der Waals surface area contributed by atoms with Crippen molar-refractivity contribution in [3.63, 3.8) is 0 Å². The maximum Gasteiger partial charge on any atom is 0.262 e. The third-order valence-corrected chi connectivity index (χ3v) is 3.45. The first-order valence-corrected chi connectivity index (χ1v) is 8.17. The monoisotopic (exact) mass is 390 g/mol. The van der Waals surface area contributed by atoms with E-state index in [2.05, 4.69) is 27.2 Å². The molecule has 0 aromatic heterocycles. The highest BCUT2D eigenvalue weighted by Gasteiger charge is 2.14. The first-order chi connectivity index (χ1) is 11.4. The number of nitriles is 1. The molecular weight excluding hydrogens is 372 g/mol. The average Bonchev–Trinajstić information content (AvgIpc) is 2.52. The van der Waals surface area contributed by atoms with E-state index in [1.807, 2.05) is 26.8 Å². The summed E-state index contributed by atoms with van der Waals surface area (Å²) in [6, 6.07) is 5.25. The van der Waals surface area contributed by atoms with Crippen molar-refractivity contribution in [3.05, 3.63) is 27.7 Å². The number of hydrogen-bond acceptors (Lipinski definition) is 4. The van der Waals surface area contributed by atoms with Gasteiger partial charge in [-0.05, 0) is 44.5 Å². The molecule has 0 saturated carbocycles. The molecule has 24 heavy (non-hydrogen) atoms. The van der Waals surface area contributed by atoms with Gasteiger partial charge in [-0.1, -0.05) is 21.9 Å². The van der Waals surface area contributed by atoms with Gasteiger partial charge in [-0.2, -0.15) is 5.26 Å². The fourth-order valence-electron chi connectivity index (χ4n) is 1.81. The second-order valence-electron chi connectivity index (χ2n) is 5.04. The molecule has 1 amide bonds. The molecule has 0 aliphatic rings. The fourth-order valence-corrected chi connectivity index (χ4v) is 2.24. The second kappa shape index (κ2) is 9.64. The first-order valence-electron chi connectivity index (χ1n) is 7.38. The van der Waals surface area contributed by atoms with Crippen molar-refractivity contribution < 1.29 is 14.3 Å². The zero-order chi connectivity index (χ0) is 18.1. The zero-order valence-corrected chi connectivity index (χ0v) is 15.4. The molecule has 0 heterocycles. The summed E-state index contributed by atoms with van der Waals surface area (Å²) in [5.74, 6) is 2.95. The van der Waals surface area contributed by atoms with Gasteiger partial charge < -0.3 is 14.8 Å². The quantitative estimate of drug-likeness (QED) is 0.440. The second-order valence-corrected chi connectivity index (χ2v) is 5.90. The molecule has 6 heteroatoms. The van der Waals surface area contributed by atoms with E-state index in [4.69, 9.17) is 15.9 Å². The van der Waals surface area contributed by atoms with Gasteiger partial charge in [0.15, 0.2) is 11.5 Å². The molecule has 0 atom stereocenters. The van der Waals surface area contributed by atoms with Crippen molar-refractivity contribution in [2.24, 2.45) is 0 Å². The number of halogens is 1. The minimum absolute atomic E-state index is 0.00383. The van der Waals surface area contributed by atoms with Crippen LogP contribution in [0.25, 0.3) is 6.08 Å². The summed E-state index contributed by atoms with van der Waals surface area (Å²) >= 11 is 3.41. The summed E-state index contributed by atoms with van der Waals surface area (Å²) in [5, 5.41) is 11.9. The van der Waals surface area contributed by atoms with Gasteiger partial charge >= 0.3 is 0 Å². The third-order valence-electron chi connectivity index (χ3n) is 2.76. The normalized spacial score (nSPS) is 10.7. The number of amides is 1. The molecule has 0 aliphatic heterocycles. The molecule has 1 rings (SSSR count). The Morgan fingerprint density at radius 2 is 2.08 bits per heavy atom. The van der Waals surface area contributed by atoms with Crippen LogP contribution in [-0.4, -0.2) is 25.2 Å². The van der Waals surface area contributed by atoms with Crippen molar-refractivity contribution >= 4 is 27.9 Å². The van der Waals surface area contributed by atoms with Crippen LogP contribution in [0.1, 0.15) is 26.3 Å². The average molecular weight is 391 g/mol. The van der Waals surface area contributed by atoms with E-state index in [0.29, 0.717) is 28.1 Å². The number of nitrogens with one attached hydrogen (secondary N) is 1. The van der Waals surface area contributed by atoms with E-state index in [9.17, 15) is 10.1 Å². The number of nitrogens with zero attached hydrogens (tertiary/aromatic N) is 1. The van der Waals surface area contributed by atoms with Crippen molar-refractivity contribution in [3.8, 4) is 29.9 Å². The molecule has 0 aliphatic carbocycles. The predicted octanol–water partition coefficient (Wildman–Crippen LogP) is 3.29. The van der Waals surface area contributed by atoms with E-state index >= 15 is 0 Å². The van der Waals surface area contributed by atoms with E-state index < -0.39 is 5.91 Å². The number of rotatable bonds is 7. The fraction of sp³-hybridized carbons (Fsp3) is 0.333. The van der Waals surface area contributed by atoms with Crippen LogP contribution in [0, 0.1) is 23.7 Å². The number of ether oxygens (including phenoxy) is 2. The molecule has 5 nitrogen and oxygen atoms in total. The molecular formula is C18H19BrN2O3. The summed E-state index contributed by atoms with van der Waals surface area (Å²) in [5.41, 5.74) is 0.631. The molecule has 0 fully saturated rings. The minimum atomic E-state index is -0.426. The van der Waals surface area contributed by atoms with Crippen molar-refractivity contribution in [2.45, 2.75) is 26.8 Å². The Balaban J connectivity index is 3.25. The van der Waals surface area contributed by atoms with Crippen LogP contribution in [0.5, 0.6) is 11.5 Å². The molecule has 0 radical (unpaired) electrons. The summed E-state index contributed by atoms with van der Waals surface area (Å²) in [6.45, 7) is 6.05. The highest BCUT2D eigenvalue weighted by atomic mass is 79.9. The lowest BCUT2D eigenvalue weighted by Gasteiger charge is -2.13. The summed E-state index contributed by atoms with van der Waals surface area (Å²) < 4.78 is 11.6. The Kier molecular flexibility index (Phi) is 7.88. The number of carbonyl (C=O) groups excluding carboxylic acids is 1. The number of carbonyl (C=O) groups is 1. The Hall–Kier alpha value is -2.44. The lowest BCUT2D eigenvalue weighted by atomic mass is 10.1. The Bertz CT molecular complexity index is 712. The van der Waals surface area contributed by atoms with Crippen LogP contribution in [0.3, 0.4) is 0 Å². The summed E-state index contributed by atoms with van der Waals surface area (Å²) in [4.78, 5) is 12.0. The van der Waals surface area contributed by atoms with Crippen LogP contribution in [0.15, 0.2) is 22.2 Å². The number of hydrogen-bond donors (Lipinski definition) is 1. The van der Waals surface area contributed by atoms with Crippen LogP contribution in [-0.2, 0) is 4.79 Å². The van der Waals surface area contributed by atoms with Gasteiger partial charge in [-0.15, -0.1) is 6.42 Å². The standard InChI is InChI=1S/C18H19BrN2O3/c1-5-7-24-17-10-15(19)13(9-16(17)23-6-2)8-14(11-20)18(22)21-12(3)4/h1,8-10,12H,6-7H2,2-4H3,(H,21,22)/b14-8-. The van der Waals surface area contributed by atoms with E-state index in [1.165, 1.54) is 6.08 Å². The van der Waals surface area contributed by atoms with Gasteiger partial charge in [-0.25, -0.2) is 0 Å². The molecule has 0 bridgehead atoms. The molecule has 0 spiro atoms. The topological polar surface area (TPSA) is 71.3 Å². The Morgan fingerprint density at radius 1 is 1.42 bits per heavy atom. The van der Waals surface area contributed by atoms with Crippen LogP contribution in [0.4, 0.5) is 0 Å². The SMILES string of the molecule is C#CCOc1cc(Br)c(/C=C(/C#N)C(=O)NC(C)C)cc1OCC. The highest BCUT2D eigenvalue weighted by Crippen LogP contribution is 2.35. The Labute approximate surface area is 150 Å². The minimum Gasteiger partial charge on any atom is -0.490 e. The van der Waals surface area contributed by atoms with Gasteiger partial charge in [0.05, 0.1) is 6.61 Å². The smallest absolute Gasteiger partial charge is 0.262 e. The lowest BCUT2D eigenvalue weighted by Crippen LogP contribution is -2.30. The van der Waals surface area contributed by atoms with Crippen LogP contribution in [0.2, 0.25) is 0 Å². The molecule has 126 valence electrons. The maximum absolute atomic E-state index is 12.0. The van der Waals surface area contributed by atoms with Crippen LogP contribution >= 0.6 is 15.9 Å². The van der Waals surface area contributed by atoms with E-state index in [-0.39, 0.29) is 18.2 Å². The first kappa shape index (κ1) is 19.6. The van der Waals surface area contributed by atoms with Gasteiger partial charge in [0, 0.05) is 10.5 Å². The molecule has 0 saturated heterocycles. The molecule has 0 unspecified atom stereocenters. The summed E-state index contributed by atoms with van der Waals surface area (Å²) in [6.07, 6.45) is 6.70. The number of terminal acetylenes is 1. The van der Waals surface area contributed by atoms with Crippen LogP contribution < -0.4 is 14.8 Å². The molecule has 1 aromatic carbocycles. The summed E-state index contributed by atoms with van der Waals surface area (Å²) in [7, 11) is 0. The molecule has 1 aromatic rings. The Morgan fingerprint density at radius 3 is 2.62 bits per heavy atom. The van der Waals surface area contributed by atoms with Gasteiger partial charge in [-0.3, -0.25) is 4.79 Å². The van der Waals surface area contributed by atoms with Crippen molar-refractivity contribution in [1.82, 2.24) is 5.32 Å². The number of benzene rings is 1. The third kappa shape index (κ3) is 5.64. The maximum atomic E-state index is 12.0. The van der Waals surface area contributed by atoms with Crippen molar-refractivity contribution in [1.29, 1.82) is 5.26 Å². The van der Waals surface area contributed by atoms with E-state index in [0.717, 1.165) is 0 Å². The lowest BCUT2D eigenvalue weighted by molar-refractivity contribution is -0.117. The van der Waals surface area contributed by atoms with Gasteiger partial charge in [0.2, 0.25) is 0 Å².